The number of aromatic nitrogens is 2. The first-order valence-corrected chi connectivity index (χ1v) is 12.3. The van der Waals surface area contributed by atoms with Gasteiger partial charge < -0.3 is 25.6 Å². The first-order chi connectivity index (χ1) is 16.8. The Kier molecular flexibility index (Phi) is 9.67. The summed E-state index contributed by atoms with van der Waals surface area (Å²) in [4.78, 5) is 14.4. The molecule has 1 aliphatic heterocycles. The zero-order valence-corrected chi connectivity index (χ0v) is 21.9. The zero-order chi connectivity index (χ0) is 25.4. The van der Waals surface area contributed by atoms with Crippen LogP contribution in [0.15, 0.2) is 69.7 Å². The molecule has 1 aliphatic rings. The molecule has 0 atom stereocenters. The Bertz CT molecular complexity index is 1150. The van der Waals surface area contributed by atoms with Gasteiger partial charge >= 0.3 is 0 Å². The third-order valence-corrected chi connectivity index (χ3v) is 6.49. The minimum Gasteiger partial charge on any atom is -0.464 e. The summed E-state index contributed by atoms with van der Waals surface area (Å²) in [5.41, 5.74) is 6.89. The van der Waals surface area contributed by atoms with Crippen LogP contribution in [0, 0.1) is 0 Å². The number of allylic oxidation sites excluding steroid dienone is 1. The number of halogens is 2. The summed E-state index contributed by atoms with van der Waals surface area (Å²) < 4.78 is 5.36. The van der Waals surface area contributed by atoms with Crippen molar-refractivity contribution in [3.63, 3.8) is 0 Å². The van der Waals surface area contributed by atoms with Crippen molar-refractivity contribution >= 4 is 58.5 Å². The summed E-state index contributed by atoms with van der Waals surface area (Å²) in [5, 5.41) is 11.6. The molecule has 186 valence electrons. The van der Waals surface area contributed by atoms with Crippen LogP contribution in [-0.2, 0) is 4.74 Å². The van der Waals surface area contributed by atoms with E-state index in [0.717, 1.165) is 31.1 Å². The van der Waals surface area contributed by atoms with Gasteiger partial charge in [-0.25, -0.2) is 4.99 Å². The van der Waals surface area contributed by atoms with E-state index in [1.54, 1.807) is 24.3 Å². The summed E-state index contributed by atoms with van der Waals surface area (Å²) in [6.45, 7) is 12.8. The molecule has 1 saturated heterocycles. The molecule has 0 amide bonds. The Hall–Kier alpha value is -2.92. The van der Waals surface area contributed by atoms with Crippen molar-refractivity contribution in [1.29, 1.82) is 0 Å². The molecular weight excluding hydrogens is 507 g/mol. The molecule has 4 N–H and O–H groups in total. The standard InChI is InChI=1S/C23H28Cl2N8OS/c1-5-20(34-6-2)19-14-21(31-30-19)28-22(26)29-23(33-11-9-32(4)10-12-33)27-15(3)35-16-7-8-17(24)18(25)13-16/h5-8,13-14H,2-3,9-12H2,1,4H3,(H4,26,27,28,29,30,31)/b20-5-. The molecule has 0 spiro atoms. The Balaban J connectivity index is 1.79. The maximum Gasteiger partial charge on any atom is 0.229 e. The number of thioether (sulfide) groups is 1. The third-order valence-electron chi connectivity index (χ3n) is 4.93. The van der Waals surface area contributed by atoms with E-state index in [1.807, 2.05) is 13.0 Å². The fraction of sp³-hybridized carbons (Fsp3) is 0.261. The number of aliphatic imine (C=N–C) groups is 2. The van der Waals surface area contributed by atoms with E-state index in [-0.39, 0.29) is 5.96 Å². The molecule has 9 nitrogen and oxygen atoms in total. The number of hydrogen-bond acceptors (Lipinski definition) is 5. The molecule has 0 aliphatic carbocycles. The molecular formula is C23H28Cl2N8OS. The van der Waals surface area contributed by atoms with Gasteiger partial charge in [0.05, 0.1) is 21.3 Å². The Labute approximate surface area is 219 Å². The number of guanidine groups is 2. The largest absolute Gasteiger partial charge is 0.464 e. The highest BCUT2D eigenvalue weighted by Crippen LogP contribution is 2.32. The lowest BCUT2D eigenvalue weighted by molar-refractivity contribution is 0.214. The van der Waals surface area contributed by atoms with Gasteiger partial charge in [-0.2, -0.15) is 10.1 Å². The molecule has 0 bridgehead atoms. The second kappa shape index (κ2) is 12.7. The zero-order valence-electron chi connectivity index (χ0n) is 19.6. The maximum absolute atomic E-state index is 6.22. The van der Waals surface area contributed by atoms with Crippen LogP contribution < -0.4 is 11.1 Å². The van der Waals surface area contributed by atoms with Crippen LogP contribution >= 0.6 is 35.0 Å². The van der Waals surface area contributed by atoms with Crippen molar-refractivity contribution < 1.29 is 4.74 Å². The van der Waals surface area contributed by atoms with Crippen LogP contribution in [-0.4, -0.2) is 65.1 Å². The Morgan fingerprint density at radius 2 is 1.97 bits per heavy atom. The molecule has 12 heteroatoms. The second-order valence-electron chi connectivity index (χ2n) is 7.50. The highest BCUT2D eigenvalue weighted by Gasteiger charge is 2.19. The van der Waals surface area contributed by atoms with Crippen LogP contribution in [0.25, 0.3) is 5.76 Å². The molecule has 1 fully saturated rings. The van der Waals surface area contributed by atoms with Gasteiger partial charge in [0.1, 0.15) is 11.5 Å². The number of likely N-dealkylation sites (N-methyl/N-ethyl adjacent to an activating group) is 1. The van der Waals surface area contributed by atoms with E-state index >= 15 is 0 Å². The summed E-state index contributed by atoms with van der Waals surface area (Å²) in [7, 11) is 2.08. The molecule has 35 heavy (non-hydrogen) atoms. The minimum absolute atomic E-state index is 0.139. The van der Waals surface area contributed by atoms with E-state index in [9.17, 15) is 0 Å². The van der Waals surface area contributed by atoms with Crippen LogP contribution in [0.1, 0.15) is 12.6 Å². The Morgan fingerprint density at radius 3 is 2.63 bits per heavy atom. The molecule has 0 radical (unpaired) electrons. The van der Waals surface area contributed by atoms with Gasteiger partial charge in [0, 0.05) is 37.1 Å². The number of nitrogens with two attached hydrogens (primary N) is 1. The summed E-state index contributed by atoms with van der Waals surface area (Å²) >= 11 is 13.5. The molecule has 2 aromatic rings. The van der Waals surface area contributed by atoms with Crippen molar-refractivity contribution in [2.24, 2.45) is 15.7 Å². The number of nitrogens with one attached hydrogen (secondary N) is 2. The van der Waals surface area contributed by atoms with E-state index in [4.69, 9.17) is 33.7 Å². The predicted octanol–water partition coefficient (Wildman–Crippen LogP) is 4.83. The quantitative estimate of drug-likeness (QED) is 0.202. The van der Waals surface area contributed by atoms with Crippen molar-refractivity contribution in [2.45, 2.75) is 11.8 Å². The third kappa shape index (κ3) is 7.79. The smallest absolute Gasteiger partial charge is 0.229 e. The van der Waals surface area contributed by atoms with Crippen molar-refractivity contribution in [2.75, 3.05) is 38.5 Å². The average molecular weight is 536 g/mol. The van der Waals surface area contributed by atoms with Crippen molar-refractivity contribution in [3.05, 3.63) is 70.5 Å². The van der Waals surface area contributed by atoms with Gasteiger partial charge in [0.2, 0.25) is 11.9 Å². The monoisotopic (exact) mass is 534 g/mol. The number of H-pyrrole nitrogens is 1. The first kappa shape index (κ1) is 26.7. The fourth-order valence-corrected chi connectivity index (χ4v) is 4.21. The van der Waals surface area contributed by atoms with E-state index in [0.29, 0.717) is 38.3 Å². The molecule has 0 saturated carbocycles. The maximum atomic E-state index is 6.22. The van der Waals surface area contributed by atoms with E-state index in [1.165, 1.54) is 18.0 Å². The number of rotatable bonds is 7. The highest BCUT2D eigenvalue weighted by molar-refractivity contribution is 8.03. The lowest BCUT2D eigenvalue weighted by Crippen LogP contribution is -2.47. The average Bonchev–Trinajstić information content (AvgIpc) is 3.28. The molecule has 1 aromatic carbocycles. The number of aromatic amines is 1. The topological polar surface area (TPSA) is 107 Å². The summed E-state index contributed by atoms with van der Waals surface area (Å²) in [6.07, 6.45) is 3.15. The van der Waals surface area contributed by atoms with E-state index < -0.39 is 0 Å². The van der Waals surface area contributed by atoms with Crippen molar-refractivity contribution in [1.82, 2.24) is 20.0 Å². The molecule has 2 heterocycles. The van der Waals surface area contributed by atoms with Crippen LogP contribution in [0.4, 0.5) is 5.82 Å². The number of piperazine rings is 1. The highest BCUT2D eigenvalue weighted by atomic mass is 35.5. The molecule has 1 aromatic heterocycles. The summed E-state index contributed by atoms with van der Waals surface area (Å²) in [6, 6.07) is 7.13. The van der Waals surface area contributed by atoms with Gasteiger partial charge in [-0.15, -0.1) is 0 Å². The number of benzene rings is 1. The predicted molar refractivity (Wildman–Crippen MR) is 147 cm³/mol. The molecule has 0 unspecified atom stereocenters. The van der Waals surface area contributed by atoms with Crippen LogP contribution in [0.2, 0.25) is 10.0 Å². The van der Waals surface area contributed by atoms with Crippen LogP contribution in [0.5, 0.6) is 0 Å². The Morgan fingerprint density at radius 1 is 1.23 bits per heavy atom. The fourth-order valence-electron chi connectivity index (χ4n) is 3.14. The van der Waals surface area contributed by atoms with Gasteiger partial charge in [0.15, 0.2) is 5.82 Å². The lowest BCUT2D eigenvalue weighted by Gasteiger charge is -2.33. The molecule has 3 rings (SSSR count). The number of nitrogens with zero attached hydrogens (tertiary/aromatic N) is 5. The van der Waals surface area contributed by atoms with Crippen molar-refractivity contribution in [3.8, 4) is 0 Å². The lowest BCUT2D eigenvalue weighted by atomic mass is 10.3. The number of ether oxygens (including phenoxy) is 1. The normalized spacial score (nSPS) is 15.8. The van der Waals surface area contributed by atoms with E-state index in [2.05, 4.69) is 55.5 Å². The van der Waals surface area contributed by atoms with Gasteiger partial charge in [-0.3, -0.25) is 5.10 Å². The SMILES string of the molecule is C=CO/C(=C\C)c1cc(NC(N)=NC(=NC(=C)Sc2ccc(Cl)c(Cl)c2)N2CCN(C)CC2)n[nH]1. The van der Waals surface area contributed by atoms with Gasteiger partial charge in [-0.1, -0.05) is 48.1 Å². The number of hydrogen-bond donors (Lipinski definition) is 3. The first-order valence-electron chi connectivity index (χ1n) is 10.7. The summed E-state index contributed by atoms with van der Waals surface area (Å²) in [5.74, 6) is 1.67. The van der Waals surface area contributed by atoms with Gasteiger partial charge in [0.25, 0.3) is 0 Å². The van der Waals surface area contributed by atoms with Crippen LogP contribution in [0.3, 0.4) is 0 Å². The minimum atomic E-state index is 0.139. The number of anilines is 1. The second-order valence-corrected chi connectivity index (χ2v) is 9.46. The van der Waals surface area contributed by atoms with Gasteiger partial charge in [-0.05, 0) is 38.2 Å².